The summed E-state index contributed by atoms with van der Waals surface area (Å²) in [6, 6.07) is 11.7. The number of benzene rings is 2. The molecule has 1 N–H and O–H groups in total. The van der Waals surface area contributed by atoms with Crippen LogP contribution >= 0.6 is 0 Å². The molecule has 0 saturated heterocycles. The van der Waals surface area contributed by atoms with Crippen LogP contribution in [0, 0.1) is 26.6 Å². The Morgan fingerprint density at radius 2 is 1.74 bits per heavy atom. The number of halogens is 1. The van der Waals surface area contributed by atoms with Gasteiger partial charge in [-0.3, -0.25) is 0 Å². The highest BCUT2D eigenvalue weighted by molar-refractivity contribution is 5.52. The fraction of sp³-hybridized carbons (Fsp3) is 0.294. The highest BCUT2D eigenvalue weighted by atomic mass is 19.1. The Morgan fingerprint density at radius 3 is 2.42 bits per heavy atom. The van der Waals surface area contributed by atoms with Crippen LogP contribution in [0.15, 0.2) is 36.4 Å². The van der Waals surface area contributed by atoms with Crippen molar-refractivity contribution in [2.24, 2.45) is 0 Å². The highest BCUT2D eigenvalue weighted by Crippen LogP contribution is 2.24. The lowest BCUT2D eigenvalue weighted by Crippen LogP contribution is -2.08. The Labute approximate surface area is 114 Å². The quantitative estimate of drug-likeness (QED) is 0.822. The van der Waals surface area contributed by atoms with Crippen LogP contribution in [-0.2, 0) is 0 Å². The zero-order valence-corrected chi connectivity index (χ0v) is 11.9. The van der Waals surface area contributed by atoms with Gasteiger partial charge >= 0.3 is 0 Å². The first-order chi connectivity index (χ1) is 8.99. The van der Waals surface area contributed by atoms with E-state index >= 15 is 0 Å². The molecular weight excluding hydrogens is 237 g/mol. The smallest absolute Gasteiger partial charge is 0.128 e. The number of hydrogen-bond acceptors (Lipinski definition) is 1. The summed E-state index contributed by atoms with van der Waals surface area (Å²) in [6.45, 7) is 8.10. The third-order valence-electron chi connectivity index (χ3n) is 3.67. The Kier molecular flexibility index (Phi) is 3.89. The maximum Gasteiger partial charge on any atom is 0.128 e. The van der Waals surface area contributed by atoms with Crippen LogP contribution in [0.3, 0.4) is 0 Å². The monoisotopic (exact) mass is 257 g/mol. The van der Waals surface area contributed by atoms with Gasteiger partial charge in [0.2, 0.25) is 0 Å². The maximum absolute atomic E-state index is 13.5. The van der Waals surface area contributed by atoms with E-state index in [2.05, 4.69) is 44.3 Å². The molecule has 0 heterocycles. The molecule has 0 radical (unpaired) electrons. The van der Waals surface area contributed by atoms with Crippen LogP contribution in [0.1, 0.15) is 35.2 Å². The van der Waals surface area contributed by atoms with E-state index in [0.717, 1.165) is 5.69 Å². The molecule has 0 amide bonds. The van der Waals surface area contributed by atoms with Gasteiger partial charge in [0.15, 0.2) is 0 Å². The molecule has 0 saturated carbocycles. The predicted molar refractivity (Wildman–Crippen MR) is 79.1 cm³/mol. The van der Waals surface area contributed by atoms with Gasteiger partial charge in [-0.15, -0.1) is 0 Å². The van der Waals surface area contributed by atoms with Crippen LogP contribution in [-0.4, -0.2) is 0 Å². The minimum absolute atomic E-state index is 0.153. The Hall–Kier alpha value is -1.83. The van der Waals surface area contributed by atoms with E-state index in [1.807, 2.05) is 6.07 Å². The molecule has 19 heavy (non-hydrogen) atoms. The number of anilines is 1. The molecule has 0 fully saturated rings. The van der Waals surface area contributed by atoms with E-state index in [1.165, 1.54) is 22.8 Å². The molecule has 0 aliphatic heterocycles. The van der Waals surface area contributed by atoms with Crippen molar-refractivity contribution < 1.29 is 4.39 Å². The normalized spacial score (nSPS) is 12.3. The average Bonchev–Trinajstić information content (AvgIpc) is 2.38. The summed E-state index contributed by atoms with van der Waals surface area (Å²) in [6.07, 6.45) is 0. The first kappa shape index (κ1) is 13.6. The van der Waals surface area contributed by atoms with Crippen molar-refractivity contribution in [3.05, 3.63) is 64.5 Å². The number of nitrogens with one attached hydrogen (secondary N) is 1. The Balaban J connectivity index is 2.23. The molecule has 2 heteroatoms. The molecule has 0 aromatic heterocycles. The zero-order chi connectivity index (χ0) is 14.0. The summed E-state index contributed by atoms with van der Waals surface area (Å²) in [5.74, 6) is -0.169. The van der Waals surface area contributed by atoms with Crippen LogP contribution in [0.25, 0.3) is 0 Å². The lowest BCUT2D eigenvalue weighted by Gasteiger charge is -2.18. The van der Waals surface area contributed by atoms with Gasteiger partial charge in [0.25, 0.3) is 0 Å². The molecule has 2 rings (SSSR count). The first-order valence-corrected chi connectivity index (χ1v) is 6.58. The molecule has 0 aliphatic carbocycles. The third kappa shape index (κ3) is 2.95. The van der Waals surface area contributed by atoms with Crippen molar-refractivity contribution in [1.29, 1.82) is 0 Å². The van der Waals surface area contributed by atoms with Crippen LogP contribution < -0.4 is 5.32 Å². The first-order valence-electron chi connectivity index (χ1n) is 6.58. The molecule has 2 aromatic rings. The second-order valence-corrected chi connectivity index (χ2v) is 5.12. The van der Waals surface area contributed by atoms with Crippen molar-refractivity contribution in [3.63, 3.8) is 0 Å². The molecular formula is C17H20FN. The zero-order valence-electron chi connectivity index (χ0n) is 11.9. The molecule has 1 unspecified atom stereocenters. The van der Waals surface area contributed by atoms with Gasteiger partial charge in [0.05, 0.1) is 0 Å². The molecule has 2 aromatic carbocycles. The van der Waals surface area contributed by atoms with E-state index in [9.17, 15) is 4.39 Å². The van der Waals surface area contributed by atoms with Gasteiger partial charge < -0.3 is 5.32 Å². The van der Waals surface area contributed by atoms with Gasteiger partial charge in [-0.05, 0) is 56.5 Å². The second kappa shape index (κ2) is 5.43. The Morgan fingerprint density at radius 1 is 1.00 bits per heavy atom. The lowest BCUT2D eigenvalue weighted by molar-refractivity contribution is 0.618. The Bertz CT molecular complexity index is 590. The van der Waals surface area contributed by atoms with Crippen molar-refractivity contribution in [3.8, 4) is 0 Å². The van der Waals surface area contributed by atoms with E-state index in [-0.39, 0.29) is 11.9 Å². The van der Waals surface area contributed by atoms with E-state index < -0.39 is 0 Å². The van der Waals surface area contributed by atoms with Gasteiger partial charge in [-0.2, -0.15) is 0 Å². The maximum atomic E-state index is 13.5. The van der Waals surface area contributed by atoms with Crippen LogP contribution in [0.4, 0.5) is 10.1 Å². The minimum atomic E-state index is -0.169. The summed E-state index contributed by atoms with van der Waals surface area (Å²) in [7, 11) is 0. The largest absolute Gasteiger partial charge is 0.378 e. The summed E-state index contributed by atoms with van der Waals surface area (Å²) in [4.78, 5) is 0. The summed E-state index contributed by atoms with van der Waals surface area (Å²) < 4.78 is 13.5. The van der Waals surface area contributed by atoms with Gasteiger partial charge in [-0.1, -0.05) is 24.3 Å². The number of aryl methyl sites for hydroxylation is 2. The van der Waals surface area contributed by atoms with Crippen molar-refractivity contribution in [2.75, 3.05) is 5.32 Å². The fourth-order valence-corrected chi connectivity index (χ4v) is 2.11. The SMILES string of the molecule is Cc1ccc(C(C)Nc2cccc(F)c2C)cc1C. The highest BCUT2D eigenvalue weighted by Gasteiger charge is 2.09. The minimum Gasteiger partial charge on any atom is -0.378 e. The van der Waals surface area contributed by atoms with Crippen LogP contribution in [0.2, 0.25) is 0 Å². The summed E-state index contributed by atoms with van der Waals surface area (Å²) in [5, 5.41) is 3.37. The topological polar surface area (TPSA) is 12.0 Å². The molecule has 1 nitrogen and oxygen atoms in total. The fourth-order valence-electron chi connectivity index (χ4n) is 2.11. The molecule has 100 valence electrons. The van der Waals surface area contributed by atoms with Crippen LogP contribution in [0.5, 0.6) is 0 Å². The molecule has 0 aliphatic rings. The number of hydrogen-bond donors (Lipinski definition) is 1. The van der Waals surface area contributed by atoms with Crippen molar-refractivity contribution >= 4 is 5.69 Å². The van der Waals surface area contributed by atoms with E-state index in [1.54, 1.807) is 13.0 Å². The average molecular weight is 257 g/mol. The molecule has 1 atom stereocenters. The lowest BCUT2D eigenvalue weighted by atomic mass is 10.0. The van der Waals surface area contributed by atoms with Gasteiger partial charge in [0.1, 0.15) is 5.82 Å². The van der Waals surface area contributed by atoms with Gasteiger partial charge in [-0.25, -0.2) is 4.39 Å². The van der Waals surface area contributed by atoms with Crippen molar-refractivity contribution in [2.45, 2.75) is 33.7 Å². The van der Waals surface area contributed by atoms with Crippen molar-refractivity contribution in [1.82, 2.24) is 0 Å². The van der Waals surface area contributed by atoms with E-state index in [4.69, 9.17) is 0 Å². The summed E-state index contributed by atoms with van der Waals surface area (Å²) in [5.41, 5.74) is 5.30. The third-order valence-corrected chi connectivity index (χ3v) is 3.67. The summed E-state index contributed by atoms with van der Waals surface area (Å²) >= 11 is 0. The molecule has 0 bridgehead atoms. The van der Waals surface area contributed by atoms with Gasteiger partial charge in [0, 0.05) is 17.3 Å². The van der Waals surface area contributed by atoms with E-state index in [0.29, 0.717) is 5.56 Å². The second-order valence-electron chi connectivity index (χ2n) is 5.12. The standard InChI is InChI=1S/C17H20FN/c1-11-8-9-15(10-12(11)2)14(4)19-17-7-5-6-16(18)13(17)3/h5-10,14,19H,1-4H3. The molecule has 0 spiro atoms. The predicted octanol–water partition coefficient (Wildman–Crippen LogP) is 4.92. The number of rotatable bonds is 3.